The molecule has 2 atom stereocenters. The van der Waals surface area contributed by atoms with Crippen molar-refractivity contribution in [1.82, 2.24) is 15.6 Å². The third kappa shape index (κ3) is 3.53. The zero-order valence-electron chi connectivity index (χ0n) is 13.1. The van der Waals surface area contributed by atoms with E-state index < -0.39 is 0 Å². The van der Waals surface area contributed by atoms with Gasteiger partial charge in [-0.05, 0) is 25.0 Å². The summed E-state index contributed by atoms with van der Waals surface area (Å²) in [6, 6.07) is 9.60. The molecule has 2 amide bonds. The van der Waals surface area contributed by atoms with E-state index in [9.17, 15) is 9.59 Å². The van der Waals surface area contributed by atoms with E-state index in [0.29, 0.717) is 18.2 Å². The summed E-state index contributed by atoms with van der Waals surface area (Å²) in [6.07, 6.45) is 2.04. The van der Waals surface area contributed by atoms with Crippen molar-refractivity contribution >= 4 is 22.7 Å². The number of para-hydroxylation sites is 1. The summed E-state index contributed by atoms with van der Waals surface area (Å²) in [4.78, 5) is 27.1. The summed E-state index contributed by atoms with van der Waals surface area (Å²) in [5.41, 5.74) is 1.36. The first-order valence-corrected chi connectivity index (χ1v) is 7.81. The normalized spacial score (nSPS) is 20.0. The third-order valence-corrected chi connectivity index (χ3v) is 4.33. The number of H-pyrrole nitrogens is 1. The fourth-order valence-electron chi connectivity index (χ4n) is 2.88. The average molecular weight is 315 g/mol. The number of hydrogen-bond donors (Lipinski definition) is 3. The zero-order chi connectivity index (χ0) is 16.2. The van der Waals surface area contributed by atoms with E-state index >= 15 is 0 Å². The van der Waals surface area contributed by atoms with Crippen LogP contribution in [0.2, 0.25) is 0 Å². The molecular formula is C17H21N3O3. The molecule has 1 fully saturated rings. The van der Waals surface area contributed by atoms with Crippen LogP contribution in [-0.2, 0) is 9.53 Å². The van der Waals surface area contributed by atoms with Crippen LogP contribution in [0.4, 0.5) is 0 Å². The van der Waals surface area contributed by atoms with Crippen LogP contribution in [0.5, 0.6) is 0 Å². The molecule has 1 aromatic carbocycles. The van der Waals surface area contributed by atoms with Crippen molar-refractivity contribution < 1.29 is 14.3 Å². The first-order chi connectivity index (χ1) is 11.2. The largest absolute Gasteiger partial charge is 0.384 e. The number of aromatic amines is 1. The van der Waals surface area contributed by atoms with Crippen molar-refractivity contribution in [3.8, 4) is 0 Å². The second kappa shape index (κ2) is 6.83. The fraction of sp³-hybridized carbons (Fsp3) is 0.412. The van der Waals surface area contributed by atoms with Gasteiger partial charge in [-0.25, -0.2) is 0 Å². The van der Waals surface area contributed by atoms with Gasteiger partial charge in [0, 0.05) is 30.0 Å². The molecule has 3 N–H and O–H groups in total. The number of ether oxygens (including phenoxy) is 1. The number of benzene rings is 1. The minimum absolute atomic E-state index is 0.0234. The molecule has 1 aliphatic carbocycles. The number of carbonyl (C=O) groups is 2. The number of rotatable bonds is 6. The molecule has 3 rings (SSSR count). The molecule has 2 aromatic rings. The highest BCUT2D eigenvalue weighted by Gasteiger charge is 2.31. The lowest BCUT2D eigenvalue weighted by atomic mass is 9.80. The number of aromatic nitrogens is 1. The van der Waals surface area contributed by atoms with Gasteiger partial charge < -0.3 is 20.4 Å². The first kappa shape index (κ1) is 15.6. The van der Waals surface area contributed by atoms with E-state index in [4.69, 9.17) is 4.74 Å². The smallest absolute Gasteiger partial charge is 0.268 e. The van der Waals surface area contributed by atoms with E-state index in [1.165, 1.54) is 0 Å². The number of amides is 2. The molecule has 0 unspecified atom stereocenters. The summed E-state index contributed by atoms with van der Waals surface area (Å²) in [6.45, 7) is 0.636. The average Bonchev–Trinajstić information content (AvgIpc) is 2.98. The summed E-state index contributed by atoms with van der Waals surface area (Å²) in [7, 11) is 1.66. The van der Waals surface area contributed by atoms with Gasteiger partial charge in [-0.2, -0.15) is 0 Å². The van der Waals surface area contributed by atoms with E-state index in [1.54, 1.807) is 13.2 Å². The molecule has 1 saturated carbocycles. The molecule has 1 heterocycles. The van der Waals surface area contributed by atoms with Crippen LogP contribution in [0.1, 0.15) is 23.3 Å². The molecule has 1 aromatic heterocycles. The SMILES string of the molecule is COC[C@H]1CC[C@H]1NC(=O)CNC(=O)c1cc2ccccc2[nH]1. The predicted molar refractivity (Wildman–Crippen MR) is 87.2 cm³/mol. The Labute approximate surface area is 134 Å². The van der Waals surface area contributed by atoms with Gasteiger partial charge in [-0.1, -0.05) is 18.2 Å². The predicted octanol–water partition coefficient (Wildman–Crippen LogP) is 1.44. The Hall–Kier alpha value is -2.34. The monoisotopic (exact) mass is 315 g/mol. The topological polar surface area (TPSA) is 83.2 Å². The van der Waals surface area contributed by atoms with Crippen LogP contribution >= 0.6 is 0 Å². The lowest BCUT2D eigenvalue weighted by Gasteiger charge is -2.36. The van der Waals surface area contributed by atoms with Crippen molar-refractivity contribution in [2.45, 2.75) is 18.9 Å². The zero-order valence-corrected chi connectivity index (χ0v) is 13.1. The van der Waals surface area contributed by atoms with Crippen LogP contribution in [-0.4, -0.2) is 43.1 Å². The van der Waals surface area contributed by atoms with Gasteiger partial charge in [0.2, 0.25) is 5.91 Å². The Morgan fingerprint density at radius 2 is 2.13 bits per heavy atom. The quantitative estimate of drug-likeness (QED) is 0.754. The molecule has 0 aliphatic heterocycles. The van der Waals surface area contributed by atoms with Gasteiger partial charge in [-0.15, -0.1) is 0 Å². The summed E-state index contributed by atoms with van der Waals surface area (Å²) < 4.78 is 5.12. The lowest BCUT2D eigenvalue weighted by molar-refractivity contribution is -0.122. The standard InChI is InChI=1S/C17H21N3O3/c1-23-10-12-6-7-14(12)20-16(21)9-18-17(22)15-8-11-4-2-3-5-13(11)19-15/h2-5,8,12,14,19H,6-7,9-10H2,1H3,(H,18,22)(H,20,21)/t12-,14-/m1/s1. The number of fused-ring (bicyclic) bond motifs is 1. The number of methoxy groups -OCH3 is 1. The Kier molecular flexibility index (Phi) is 4.62. The summed E-state index contributed by atoms with van der Waals surface area (Å²) >= 11 is 0. The van der Waals surface area contributed by atoms with Gasteiger partial charge in [0.25, 0.3) is 5.91 Å². The third-order valence-electron chi connectivity index (χ3n) is 4.33. The molecular weight excluding hydrogens is 294 g/mol. The molecule has 6 nitrogen and oxygen atoms in total. The lowest BCUT2D eigenvalue weighted by Crippen LogP contribution is -2.51. The molecule has 0 radical (unpaired) electrons. The Balaban J connectivity index is 1.49. The van der Waals surface area contributed by atoms with E-state index in [1.807, 2.05) is 24.3 Å². The first-order valence-electron chi connectivity index (χ1n) is 7.81. The van der Waals surface area contributed by atoms with Crippen molar-refractivity contribution in [1.29, 1.82) is 0 Å². The number of carbonyl (C=O) groups excluding carboxylic acids is 2. The second-order valence-electron chi connectivity index (χ2n) is 5.92. The highest BCUT2D eigenvalue weighted by atomic mass is 16.5. The fourth-order valence-corrected chi connectivity index (χ4v) is 2.88. The minimum atomic E-state index is -0.279. The van der Waals surface area contributed by atoms with Crippen LogP contribution in [0.15, 0.2) is 30.3 Å². The van der Waals surface area contributed by atoms with E-state index in [-0.39, 0.29) is 24.4 Å². The molecule has 0 bridgehead atoms. The molecule has 6 heteroatoms. The van der Waals surface area contributed by atoms with Crippen LogP contribution in [0, 0.1) is 5.92 Å². The van der Waals surface area contributed by atoms with Crippen molar-refractivity contribution in [3.05, 3.63) is 36.0 Å². The number of nitrogens with one attached hydrogen (secondary N) is 3. The maximum absolute atomic E-state index is 12.1. The Bertz CT molecular complexity index is 677. The van der Waals surface area contributed by atoms with Gasteiger partial charge in [0.15, 0.2) is 0 Å². The van der Waals surface area contributed by atoms with Gasteiger partial charge in [0.1, 0.15) is 5.69 Å². The van der Waals surface area contributed by atoms with Crippen molar-refractivity contribution in [2.24, 2.45) is 5.92 Å². The summed E-state index contributed by atoms with van der Waals surface area (Å²) in [5.74, 6) is -0.0629. The molecule has 122 valence electrons. The Morgan fingerprint density at radius 3 is 2.83 bits per heavy atom. The minimum Gasteiger partial charge on any atom is -0.384 e. The molecule has 0 saturated heterocycles. The van der Waals surface area contributed by atoms with Crippen LogP contribution in [0.3, 0.4) is 0 Å². The van der Waals surface area contributed by atoms with E-state index in [2.05, 4.69) is 15.6 Å². The van der Waals surface area contributed by atoms with Crippen molar-refractivity contribution in [3.63, 3.8) is 0 Å². The van der Waals surface area contributed by atoms with Gasteiger partial charge in [0.05, 0.1) is 13.2 Å². The summed E-state index contributed by atoms with van der Waals surface area (Å²) in [5, 5.41) is 6.56. The van der Waals surface area contributed by atoms with Crippen LogP contribution < -0.4 is 10.6 Å². The maximum Gasteiger partial charge on any atom is 0.268 e. The van der Waals surface area contributed by atoms with Crippen molar-refractivity contribution in [2.75, 3.05) is 20.3 Å². The molecule has 0 spiro atoms. The Morgan fingerprint density at radius 1 is 1.30 bits per heavy atom. The highest BCUT2D eigenvalue weighted by molar-refractivity contribution is 5.99. The van der Waals surface area contributed by atoms with Gasteiger partial charge in [-0.3, -0.25) is 9.59 Å². The second-order valence-corrected chi connectivity index (χ2v) is 5.92. The van der Waals surface area contributed by atoms with E-state index in [0.717, 1.165) is 23.7 Å². The van der Waals surface area contributed by atoms with Crippen LogP contribution in [0.25, 0.3) is 10.9 Å². The molecule has 23 heavy (non-hydrogen) atoms. The molecule has 1 aliphatic rings. The highest BCUT2D eigenvalue weighted by Crippen LogP contribution is 2.27. The number of hydrogen-bond acceptors (Lipinski definition) is 3. The maximum atomic E-state index is 12.1. The van der Waals surface area contributed by atoms with Gasteiger partial charge >= 0.3 is 0 Å².